The number of piperidine rings is 1. The van der Waals surface area contributed by atoms with E-state index in [1.54, 1.807) is 23.0 Å². The number of aromatic nitrogens is 2. The van der Waals surface area contributed by atoms with Crippen LogP contribution >= 0.6 is 0 Å². The fraction of sp³-hybridized carbons (Fsp3) is 0.421. The zero-order chi connectivity index (χ0) is 17.8. The van der Waals surface area contributed by atoms with Crippen molar-refractivity contribution in [2.45, 2.75) is 31.8 Å². The van der Waals surface area contributed by atoms with Crippen LogP contribution in [0.4, 0.5) is 0 Å². The van der Waals surface area contributed by atoms with Gasteiger partial charge in [-0.3, -0.25) is 9.59 Å². The number of carbonyl (C=O) groups excluding carboxylic acids is 2. The van der Waals surface area contributed by atoms with E-state index >= 15 is 0 Å². The minimum atomic E-state index is -0.570. The summed E-state index contributed by atoms with van der Waals surface area (Å²) in [6.45, 7) is 1.04. The van der Waals surface area contributed by atoms with E-state index in [-0.39, 0.29) is 11.8 Å². The van der Waals surface area contributed by atoms with E-state index in [0.29, 0.717) is 19.5 Å². The predicted molar refractivity (Wildman–Crippen MR) is 94.4 cm³/mol. The first-order valence-electron chi connectivity index (χ1n) is 8.63. The van der Waals surface area contributed by atoms with E-state index in [4.69, 9.17) is 0 Å². The molecular weight excluding hydrogens is 316 g/mol. The molecule has 2 amide bonds. The summed E-state index contributed by atoms with van der Waals surface area (Å²) >= 11 is 0. The monoisotopic (exact) mass is 340 g/mol. The Balaban J connectivity index is 1.86. The Labute approximate surface area is 148 Å². The van der Waals surface area contributed by atoms with Crippen LogP contribution in [0, 0.1) is 0 Å². The van der Waals surface area contributed by atoms with Gasteiger partial charge in [-0.05, 0) is 18.4 Å². The molecule has 1 unspecified atom stereocenters. The van der Waals surface area contributed by atoms with Gasteiger partial charge in [0.2, 0.25) is 11.8 Å². The van der Waals surface area contributed by atoms with Crippen LogP contribution in [0.25, 0.3) is 0 Å². The maximum atomic E-state index is 13.2. The fourth-order valence-corrected chi connectivity index (χ4v) is 3.24. The van der Waals surface area contributed by atoms with Crippen molar-refractivity contribution in [3.8, 4) is 0 Å². The Morgan fingerprint density at radius 2 is 2.04 bits per heavy atom. The second-order valence-corrected chi connectivity index (χ2v) is 6.51. The summed E-state index contributed by atoms with van der Waals surface area (Å²) in [6, 6.07) is 8.99. The highest BCUT2D eigenvalue weighted by molar-refractivity contribution is 5.89. The normalized spacial score (nSPS) is 15.9. The number of aryl methyl sites for hydroxylation is 1. The third-order valence-corrected chi connectivity index (χ3v) is 4.70. The Bertz CT molecular complexity index is 741. The molecule has 3 rings (SSSR count). The van der Waals surface area contributed by atoms with Crippen molar-refractivity contribution in [1.29, 1.82) is 0 Å². The molecule has 1 aliphatic heterocycles. The van der Waals surface area contributed by atoms with E-state index in [2.05, 4.69) is 4.98 Å². The lowest BCUT2D eigenvalue weighted by Gasteiger charge is -2.36. The molecule has 1 aliphatic rings. The standard InChI is InChI=1S/C19H24N4O2/c1-21-13-11-20-16(21)14-22(2)19(25)18(15-8-4-3-5-9-15)23-12-7-6-10-17(23)24/h3-5,8-9,11,13,18H,6-7,10,12,14H2,1-2H3. The molecule has 1 aromatic heterocycles. The van der Waals surface area contributed by atoms with Crippen LogP contribution in [0.5, 0.6) is 0 Å². The molecule has 0 spiro atoms. The van der Waals surface area contributed by atoms with Crippen molar-refractivity contribution >= 4 is 11.8 Å². The van der Waals surface area contributed by atoms with Gasteiger partial charge >= 0.3 is 0 Å². The van der Waals surface area contributed by atoms with Crippen molar-refractivity contribution in [3.05, 3.63) is 54.1 Å². The molecule has 1 saturated heterocycles. The molecule has 1 aromatic carbocycles. The summed E-state index contributed by atoms with van der Waals surface area (Å²) in [6.07, 6.45) is 5.92. The highest BCUT2D eigenvalue weighted by Crippen LogP contribution is 2.27. The molecule has 1 fully saturated rings. The number of hydrogen-bond acceptors (Lipinski definition) is 3. The molecule has 6 nitrogen and oxygen atoms in total. The largest absolute Gasteiger partial charge is 0.337 e. The number of amides is 2. The van der Waals surface area contributed by atoms with Gasteiger partial charge in [-0.25, -0.2) is 4.98 Å². The number of benzene rings is 1. The summed E-state index contributed by atoms with van der Waals surface area (Å²) in [5.74, 6) is 0.788. The molecule has 0 radical (unpaired) electrons. The summed E-state index contributed by atoms with van der Waals surface area (Å²) in [7, 11) is 3.67. The Kier molecular flexibility index (Phi) is 5.16. The maximum absolute atomic E-state index is 13.2. The highest BCUT2D eigenvalue weighted by Gasteiger charge is 2.34. The quantitative estimate of drug-likeness (QED) is 0.838. The van der Waals surface area contributed by atoms with Gasteiger partial charge in [0, 0.05) is 39.5 Å². The van der Waals surface area contributed by atoms with Gasteiger partial charge in [0.15, 0.2) is 0 Å². The number of likely N-dealkylation sites (tertiary alicyclic amines) is 1. The zero-order valence-corrected chi connectivity index (χ0v) is 14.8. The van der Waals surface area contributed by atoms with Crippen LogP contribution < -0.4 is 0 Å². The fourth-order valence-electron chi connectivity index (χ4n) is 3.24. The first-order chi connectivity index (χ1) is 12.1. The first kappa shape index (κ1) is 17.2. The number of rotatable bonds is 5. The predicted octanol–water partition coefficient (Wildman–Crippen LogP) is 2.13. The van der Waals surface area contributed by atoms with Gasteiger partial charge in [0.25, 0.3) is 0 Å². The molecule has 25 heavy (non-hydrogen) atoms. The first-order valence-corrected chi connectivity index (χ1v) is 8.63. The van der Waals surface area contributed by atoms with Gasteiger partial charge in [-0.2, -0.15) is 0 Å². The third-order valence-electron chi connectivity index (χ3n) is 4.70. The molecule has 0 saturated carbocycles. The van der Waals surface area contributed by atoms with Crippen molar-refractivity contribution in [2.75, 3.05) is 13.6 Å². The lowest BCUT2D eigenvalue weighted by Crippen LogP contribution is -2.46. The van der Waals surface area contributed by atoms with Gasteiger partial charge in [-0.15, -0.1) is 0 Å². The van der Waals surface area contributed by atoms with Gasteiger partial charge in [0.05, 0.1) is 6.54 Å². The number of imidazole rings is 1. The van der Waals surface area contributed by atoms with Crippen LogP contribution in [0.1, 0.15) is 36.7 Å². The molecule has 0 bridgehead atoms. The van der Waals surface area contributed by atoms with Gasteiger partial charge in [0.1, 0.15) is 11.9 Å². The van der Waals surface area contributed by atoms with Crippen LogP contribution in [0.3, 0.4) is 0 Å². The summed E-state index contributed by atoms with van der Waals surface area (Å²) in [4.78, 5) is 33.3. The second-order valence-electron chi connectivity index (χ2n) is 6.51. The minimum absolute atomic E-state index is 0.0545. The molecular formula is C19H24N4O2. The average molecular weight is 340 g/mol. The lowest BCUT2D eigenvalue weighted by molar-refractivity contribution is -0.147. The molecule has 2 heterocycles. The number of nitrogens with zero attached hydrogens (tertiary/aromatic N) is 4. The van der Waals surface area contributed by atoms with E-state index in [1.807, 2.05) is 48.1 Å². The number of likely N-dealkylation sites (N-methyl/N-ethyl adjacent to an activating group) is 1. The smallest absolute Gasteiger partial charge is 0.250 e. The van der Waals surface area contributed by atoms with Crippen LogP contribution in [0.15, 0.2) is 42.7 Å². The Hall–Kier alpha value is -2.63. The van der Waals surface area contributed by atoms with Crippen molar-refractivity contribution in [2.24, 2.45) is 7.05 Å². The molecule has 0 N–H and O–H groups in total. The molecule has 1 atom stereocenters. The summed E-state index contributed by atoms with van der Waals surface area (Å²) in [5.41, 5.74) is 0.856. The van der Waals surface area contributed by atoms with Crippen molar-refractivity contribution < 1.29 is 9.59 Å². The van der Waals surface area contributed by atoms with Gasteiger partial charge < -0.3 is 14.4 Å². The topological polar surface area (TPSA) is 58.4 Å². The van der Waals surface area contributed by atoms with Gasteiger partial charge in [-0.1, -0.05) is 30.3 Å². The second kappa shape index (κ2) is 7.51. The maximum Gasteiger partial charge on any atom is 0.250 e. The Morgan fingerprint density at radius 1 is 1.28 bits per heavy atom. The van der Waals surface area contributed by atoms with E-state index < -0.39 is 6.04 Å². The third kappa shape index (κ3) is 3.73. The van der Waals surface area contributed by atoms with Crippen molar-refractivity contribution in [1.82, 2.24) is 19.4 Å². The highest BCUT2D eigenvalue weighted by atomic mass is 16.2. The van der Waals surface area contributed by atoms with Crippen LogP contribution in [-0.4, -0.2) is 44.8 Å². The van der Waals surface area contributed by atoms with Crippen molar-refractivity contribution in [3.63, 3.8) is 0 Å². The molecule has 6 heteroatoms. The summed E-state index contributed by atoms with van der Waals surface area (Å²) in [5, 5.41) is 0. The van der Waals surface area contributed by atoms with Crippen LogP contribution in [0.2, 0.25) is 0 Å². The van der Waals surface area contributed by atoms with E-state index in [1.165, 1.54) is 0 Å². The lowest BCUT2D eigenvalue weighted by atomic mass is 10.00. The molecule has 132 valence electrons. The zero-order valence-electron chi connectivity index (χ0n) is 14.8. The minimum Gasteiger partial charge on any atom is -0.337 e. The summed E-state index contributed by atoms with van der Waals surface area (Å²) < 4.78 is 1.90. The average Bonchev–Trinajstić information content (AvgIpc) is 3.02. The van der Waals surface area contributed by atoms with E-state index in [9.17, 15) is 9.59 Å². The molecule has 2 aromatic rings. The Morgan fingerprint density at radius 3 is 2.68 bits per heavy atom. The van der Waals surface area contributed by atoms with E-state index in [0.717, 1.165) is 24.2 Å². The van der Waals surface area contributed by atoms with Crippen LogP contribution in [-0.2, 0) is 23.2 Å². The molecule has 0 aliphatic carbocycles. The SMILES string of the molecule is CN(Cc1nccn1C)C(=O)C(c1ccccc1)N1CCCCC1=O. The number of carbonyl (C=O) groups is 2. The number of hydrogen-bond donors (Lipinski definition) is 0.